The quantitative estimate of drug-likeness (QED) is 0.900. The lowest BCUT2D eigenvalue weighted by atomic mass is 10.1. The van der Waals surface area contributed by atoms with E-state index in [1.165, 1.54) is 4.31 Å². The second-order valence-electron chi connectivity index (χ2n) is 6.11. The van der Waals surface area contributed by atoms with Gasteiger partial charge in [-0.3, -0.25) is 0 Å². The Hall–Kier alpha value is -1.41. The van der Waals surface area contributed by atoms with Crippen LogP contribution in [0.4, 0.5) is 0 Å². The monoisotopic (exact) mass is 368 g/mol. The second kappa shape index (κ2) is 6.84. The predicted octanol–water partition coefficient (Wildman–Crippen LogP) is 2.45. The zero-order valence-corrected chi connectivity index (χ0v) is 15.3. The van der Waals surface area contributed by atoms with Crippen LogP contribution in [0.1, 0.15) is 31.5 Å². The highest BCUT2D eigenvalue weighted by Gasteiger charge is 2.36. The van der Waals surface area contributed by atoms with Crippen molar-refractivity contribution < 1.29 is 8.42 Å². The number of rotatable bonds is 4. The predicted molar refractivity (Wildman–Crippen MR) is 93.6 cm³/mol. The summed E-state index contributed by atoms with van der Waals surface area (Å²) in [5, 5.41) is 3.89. The molecule has 0 amide bonds. The summed E-state index contributed by atoms with van der Waals surface area (Å²) in [5.74, 6) is 0. The molecule has 1 aliphatic heterocycles. The number of hydrogen-bond acceptors (Lipinski definition) is 4. The Morgan fingerprint density at radius 3 is 2.75 bits per heavy atom. The van der Waals surface area contributed by atoms with Gasteiger partial charge in [-0.25, -0.2) is 13.4 Å². The van der Waals surface area contributed by atoms with Crippen LogP contribution in [0.5, 0.6) is 0 Å². The van der Waals surface area contributed by atoms with Gasteiger partial charge >= 0.3 is 0 Å². The highest BCUT2D eigenvalue weighted by Crippen LogP contribution is 2.32. The van der Waals surface area contributed by atoms with Crippen molar-refractivity contribution >= 4 is 21.6 Å². The molecule has 1 saturated heterocycles. The van der Waals surface area contributed by atoms with Gasteiger partial charge in [-0.15, -0.1) is 0 Å². The summed E-state index contributed by atoms with van der Waals surface area (Å²) in [5.41, 5.74) is 0.804. The lowest BCUT2D eigenvalue weighted by molar-refractivity contribution is 0.271. The number of sulfonamides is 1. The molecule has 0 radical (unpaired) electrons. The number of hydrogen-bond donors (Lipinski definition) is 1. The van der Waals surface area contributed by atoms with Gasteiger partial charge in [0.05, 0.1) is 12.4 Å². The number of piperazine rings is 1. The van der Waals surface area contributed by atoms with Crippen molar-refractivity contribution in [2.45, 2.75) is 31.0 Å². The van der Waals surface area contributed by atoms with Gasteiger partial charge in [-0.2, -0.15) is 4.31 Å². The van der Waals surface area contributed by atoms with E-state index in [1.54, 1.807) is 23.2 Å². The Bertz CT molecular complexity index is 819. The average molecular weight is 369 g/mol. The maximum Gasteiger partial charge on any atom is 0.262 e. The van der Waals surface area contributed by atoms with Crippen LogP contribution in [0.2, 0.25) is 5.02 Å². The van der Waals surface area contributed by atoms with E-state index in [0.717, 1.165) is 5.56 Å². The van der Waals surface area contributed by atoms with E-state index in [4.69, 9.17) is 11.6 Å². The zero-order chi connectivity index (χ0) is 17.3. The van der Waals surface area contributed by atoms with Gasteiger partial charge in [0.2, 0.25) is 0 Å². The minimum Gasteiger partial charge on any atom is -0.334 e. The summed E-state index contributed by atoms with van der Waals surface area (Å²) in [7, 11) is -3.69. The van der Waals surface area contributed by atoms with Gasteiger partial charge in [0, 0.05) is 36.9 Å². The van der Waals surface area contributed by atoms with E-state index >= 15 is 0 Å². The van der Waals surface area contributed by atoms with Crippen molar-refractivity contribution in [3.8, 4) is 0 Å². The molecular weight excluding hydrogens is 348 g/mol. The Morgan fingerprint density at radius 2 is 2.08 bits per heavy atom. The number of halogens is 1. The molecule has 1 N–H and O–H groups in total. The van der Waals surface area contributed by atoms with Crippen molar-refractivity contribution in [2.24, 2.45) is 0 Å². The summed E-state index contributed by atoms with van der Waals surface area (Å²) in [6.45, 7) is 5.47. The minimum atomic E-state index is -3.69. The van der Waals surface area contributed by atoms with Crippen LogP contribution in [0.3, 0.4) is 0 Å². The molecule has 1 aromatic heterocycles. The number of imidazole rings is 1. The summed E-state index contributed by atoms with van der Waals surface area (Å²) in [6.07, 6.45) is 3.15. The molecule has 2 heterocycles. The zero-order valence-electron chi connectivity index (χ0n) is 13.7. The Balaban J connectivity index is 1.99. The van der Waals surface area contributed by atoms with Crippen molar-refractivity contribution in [2.75, 3.05) is 19.6 Å². The van der Waals surface area contributed by atoms with Crippen LogP contribution in [0, 0.1) is 0 Å². The van der Waals surface area contributed by atoms with Crippen molar-refractivity contribution in [3.63, 3.8) is 0 Å². The summed E-state index contributed by atoms with van der Waals surface area (Å²) in [6, 6.07) is 7.17. The Labute approximate surface area is 147 Å². The second-order valence-corrected chi connectivity index (χ2v) is 8.35. The smallest absolute Gasteiger partial charge is 0.262 e. The molecular formula is C16H21ClN4O2S. The fourth-order valence-corrected chi connectivity index (χ4v) is 4.63. The van der Waals surface area contributed by atoms with Crippen molar-refractivity contribution in [1.82, 2.24) is 19.2 Å². The molecule has 0 spiro atoms. The third-order valence-electron chi connectivity index (χ3n) is 4.21. The average Bonchev–Trinajstić information content (AvgIpc) is 3.06. The first-order valence-electron chi connectivity index (χ1n) is 7.91. The third-order valence-corrected chi connectivity index (χ3v) is 6.34. The summed E-state index contributed by atoms with van der Waals surface area (Å²) < 4.78 is 29.5. The van der Waals surface area contributed by atoms with Gasteiger partial charge in [-0.1, -0.05) is 29.8 Å². The van der Waals surface area contributed by atoms with Crippen molar-refractivity contribution in [3.05, 3.63) is 47.4 Å². The number of nitrogens with one attached hydrogen (secondary N) is 1. The van der Waals surface area contributed by atoms with E-state index in [2.05, 4.69) is 10.3 Å². The molecule has 1 aliphatic rings. The molecule has 6 nitrogen and oxygen atoms in total. The van der Waals surface area contributed by atoms with E-state index < -0.39 is 10.0 Å². The molecule has 24 heavy (non-hydrogen) atoms. The third kappa shape index (κ3) is 3.21. The first-order valence-corrected chi connectivity index (χ1v) is 9.73. The molecule has 0 aliphatic carbocycles. The standard InChI is InChI=1S/C16H21ClN4O2S/c1-12(2)20-10-16(19-11-20)24(22,23)21-8-7-18-9-15(21)13-5-3-4-6-14(13)17/h3-6,10-12,15,18H,7-9H2,1-2H3. The molecule has 1 aromatic carbocycles. The summed E-state index contributed by atoms with van der Waals surface area (Å²) >= 11 is 6.30. The fraction of sp³-hybridized carbons (Fsp3) is 0.438. The molecule has 1 atom stereocenters. The van der Waals surface area contributed by atoms with E-state index in [-0.39, 0.29) is 17.1 Å². The summed E-state index contributed by atoms with van der Waals surface area (Å²) in [4.78, 5) is 4.11. The van der Waals surface area contributed by atoms with Crippen LogP contribution >= 0.6 is 11.6 Å². The van der Waals surface area contributed by atoms with Crippen LogP contribution in [-0.2, 0) is 10.0 Å². The molecule has 0 saturated carbocycles. The Morgan fingerprint density at radius 1 is 1.33 bits per heavy atom. The molecule has 1 unspecified atom stereocenters. The number of aromatic nitrogens is 2. The lowest BCUT2D eigenvalue weighted by Crippen LogP contribution is -2.48. The number of benzene rings is 1. The Kier molecular flexibility index (Phi) is 4.96. The maximum atomic E-state index is 13.1. The highest BCUT2D eigenvalue weighted by molar-refractivity contribution is 7.89. The minimum absolute atomic E-state index is 0.0788. The number of nitrogens with zero attached hydrogens (tertiary/aromatic N) is 3. The van der Waals surface area contributed by atoms with Crippen LogP contribution in [-0.4, -0.2) is 41.9 Å². The van der Waals surface area contributed by atoms with E-state index in [0.29, 0.717) is 24.7 Å². The van der Waals surface area contributed by atoms with Gasteiger partial charge in [0.1, 0.15) is 0 Å². The molecule has 0 bridgehead atoms. The fourth-order valence-electron chi connectivity index (χ4n) is 2.84. The van der Waals surface area contributed by atoms with Crippen LogP contribution in [0.25, 0.3) is 0 Å². The SMILES string of the molecule is CC(C)n1cnc(S(=O)(=O)N2CCNCC2c2ccccc2Cl)c1. The molecule has 8 heteroatoms. The topological polar surface area (TPSA) is 67.2 Å². The van der Waals surface area contributed by atoms with Gasteiger partial charge in [0.15, 0.2) is 5.03 Å². The van der Waals surface area contributed by atoms with E-state index in [1.807, 2.05) is 32.0 Å². The molecule has 2 aromatic rings. The normalized spacial score (nSPS) is 19.8. The lowest BCUT2D eigenvalue weighted by Gasteiger charge is -2.35. The first-order chi connectivity index (χ1) is 11.4. The maximum absolute atomic E-state index is 13.1. The van der Waals surface area contributed by atoms with Crippen LogP contribution in [0.15, 0.2) is 41.8 Å². The van der Waals surface area contributed by atoms with Crippen LogP contribution < -0.4 is 5.32 Å². The van der Waals surface area contributed by atoms with Crippen molar-refractivity contribution in [1.29, 1.82) is 0 Å². The molecule has 3 rings (SSSR count). The van der Waals surface area contributed by atoms with Gasteiger partial charge in [-0.05, 0) is 25.5 Å². The largest absolute Gasteiger partial charge is 0.334 e. The first kappa shape index (κ1) is 17.4. The van der Waals surface area contributed by atoms with E-state index in [9.17, 15) is 8.42 Å². The molecule has 130 valence electrons. The van der Waals surface area contributed by atoms with Gasteiger partial charge < -0.3 is 9.88 Å². The molecule has 1 fully saturated rings. The van der Waals surface area contributed by atoms with Gasteiger partial charge in [0.25, 0.3) is 10.0 Å². The highest BCUT2D eigenvalue weighted by atomic mass is 35.5.